The maximum atomic E-state index is 10.9. The third kappa shape index (κ3) is 7.05. The topological polar surface area (TPSA) is 55.4 Å². The van der Waals surface area contributed by atoms with Crippen LogP contribution in [-0.4, -0.2) is 11.9 Å². The second kappa shape index (κ2) is 7.34. The number of amides is 1. The summed E-state index contributed by atoms with van der Waals surface area (Å²) in [6.45, 7) is 5.24. The molecule has 0 aromatic rings. The van der Waals surface area contributed by atoms with Crippen molar-refractivity contribution in [1.82, 2.24) is 5.48 Å². The highest BCUT2D eigenvalue weighted by molar-refractivity contribution is 5.83. The van der Waals surface area contributed by atoms with Gasteiger partial charge in [0.05, 0.1) is 0 Å². The van der Waals surface area contributed by atoms with Crippen molar-refractivity contribution in [1.29, 1.82) is 0 Å². The molecule has 4 nitrogen and oxygen atoms in total. The monoisotopic (exact) mass is 185 g/mol. The Bertz CT molecular complexity index is 189. The van der Waals surface area contributed by atoms with Gasteiger partial charge >= 0.3 is 5.97 Å². The molecule has 0 unspecified atom stereocenters. The van der Waals surface area contributed by atoms with Gasteiger partial charge in [0.1, 0.15) is 0 Å². The third-order valence-corrected chi connectivity index (χ3v) is 1.44. The predicted molar refractivity (Wildman–Crippen MR) is 48.6 cm³/mol. The summed E-state index contributed by atoms with van der Waals surface area (Å²) in [4.78, 5) is 25.7. The lowest BCUT2D eigenvalue weighted by Crippen LogP contribution is -2.25. The molecule has 0 aromatic carbocycles. The Labute approximate surface area is 77.9 Å². The van der Waals surface area contributed by atoms with Gasteiger partial charge in [0.15, 0.2) is 0 Å². The largest absolute Gasteiger partial charge is 0.355 e. The van der Waals surface area contributed by atoms with Crippen molar-refractivity contribution in [2.45, 2.75) is 32.6 Å². The number of hydroxylamine groups is 1. The van der Waals surface area contributed by atoms with Crippen molar-refractivity contribution in [3.63, 3.8) is 0 Å². The molecule has 0 radical (unpaired) electrons. The van der Waals surface area contributed by atoms with Crippen LogP contribution < -0.4 is 5.48 Å². The standard InChI is InChI=1S/C9H15NO3/c1-3-5-6-7-8(11)10-13-9(12)4-2/h4H,2-3,5-7H2,1H3,(H,10,11). The van der Waals surface area contributed by atoms with Crippen LogP contribution in [0.15, 0.2) is 12.7 Å². The van der Waals surface area contributed by atoms with Crippen molar-refractivity contribution in [3.8, 4) is 0 Å². The summed E-state index contributed by atoms with van der Waals surface area (Å²) in [7, 11) is 0. The minimum Gasteiger partial charge on any atom is -0.336 e. The zero-order valence-electron chi connectivity index (χ0n) is 7.84. The second-order valence-corrected chi connectivity index (χ2v) is 2.61. The zero-order valence-corrected chi connectivity index (χ0v) is 7.84. The Morgan fingerprint density at radius 1 is 1.46 bits per heavy atom. The van der Waals surface area contributed by atoms with Gasteiger partial charge in [0, 0.05) is 12.5 Å². The van der Waals surface area contributed by atoms with Crippen LogP contribution in [0.3, 0.4) is 0 Å². The fourth-order valence-corrected chi connectivity index (χ4v) is 0.735. The Kier molecular flexibility index (Phi) is 6.59. The van der Waals surface area contributed by atoms with Gasteiger partial charge in [0.2, 0.25) is 0 Å². The molecule has 13 heavy (non-hydrogen) atoms. The summed E-state index contributed by atoms with van der Waals surface area (Å²) in [5, 5.41) is 0. The molecule has 0 aromatic heterocycles. The van der Waals surface area contributed by atoms with E-state index in [1.54, 1.807) is 0 Å². The predicted octanol–water partition coefficient (Wildman–Crippen LogP) is 1.33. The van der Waals surface area contributed by atoms with Gasteiger partial charge in [-0.05, 0) is 6.42 Å². The number of nitrogens with one attached hydrogen (secondary N) is 1. The van der Waals surface area contributed by atoms with Crippen LogP contribution in [0.1, 0.15) is 32.6 Å². The van der Waals surface area contributed by atoms with Crippen LogP contribution >= 0.6 is 0 Å². The molecule has 0 heterocycles. The molecule has 0 aliphatic rings. The minimum atomic E-state index is -0.649. The molecule has 0 saturated carbocycles. The van der Waals surface area contributed by atoms with Gasteiger partial charge in [0.25, 0.3) is 5.91 Å². The molecule has 4 heteroatoms. The van der Waals surface area contributed by atoms with Crippen LogP contribution in [0.2, 0.25) is 0 Å². The third-order valence-electron chi connectivity index (χ3n) is 1.44. The molecule has 1 amide bonds. The quantitative estimate of drug-likeness (QED) is 0.399. The van der Waals surface area contributed by atoms with Gasteiger partial charge in [-0.25, -0.2) is 4.79 Å². The molecular weight excluding hydrogens is 170 g/mol. The van der Waals surface area contributed by atoms with Gasteiger partial charge in [-0.15, -0.1) is 0 Å². The highest BCUT2D eigenvalue weighted by Crippen LogP contribution is 1.97. The first-order chi connectivity index (χ1) is 6.20. The van der Waals surface area contributed by atoms with Gasteiger partial charge in [-0.2, -0.15) is 5.48 Å². The van der Waals surface area contributed by atoms with Crippen molar-refractivity contribution < 1.29 is 14.4 Å². The van der Waals surface area contributed by atoms with Gasteiger partial charge in [-0.3, -0.25) is 4.79 Å². The van der Waals surface area contributed by atoms with Crippen LogP contribution in [0, 0.1) is 0 Å². The SMILES string of the molecule is C=CC(=O)ONC(=O)CCCCC. The maximum Gasteiger partial charge on any atom is 0.355 e. The van der Waals surface area contributed by atoms with E-state index in [1.165, 1.54) is 0 Å². The first-order valence-corrected chi connectivity index (χ1v) is 4.32. The van der Waals surface area contributed by atoms with E-state index < -0.39 is 5.97 Å². The van der Waals surface area contributed by atoms with Crippen molar-refractivity contribution in [2.24, 2.45) is 0 Å². The second-order valence-electron chi connectivity index (χ2n) is 2.61. The lowest BCUT2D eigenvalue weighted by atomic mass is 10.2. The Morgan fingerprint density at radius 3 is 2.69 bits per heavy atom. The van der Waals surface area contributed by atoms with E-state index >= 15 is 0 Å². The fourth-order valence-electron chi connectivity index (χ4n) is 0.735. The van der Waals surface area contributed by atoms with E-state index in [0.29, 0.717) is 6.42 Å². The van der Waals surface area contributed by atoms with Crippen molar-refractivity contribution in [3.05, 3.63) is 12.7 Å². The lowest BCUT2D eigenvalue weighted by Gasteiger charge is -2.02. The average Bonchev–Trinajstić information content (AvgIpc) is 2.14. The van der Waals surface area contributed by atoms with E-state index in [9.17, 15) is 9.59 Å². The van der Waals surface area contributed by atoms with E-state index in [2.05, 4.69) is 18.3 Å². The summed E-state index contributed by atoms with van der Waals surface area (Å²) in [6.07, 6.45) is 4.25. The maximum absolute atomic E-state index is 10.9. The van der Waals surface area contributed by atoms with Gasteiger partial charge < -0.3 is 4.84 Å². The minimum absolute atomic E-state index is 0.274. The number of unbranched alkanes of at least 4 members (excludes halogenated alkanes) is 2. The molecular formula is C9H15NO3. The summed E-state index contributed by atoms with van der Waals surface area (Å²) in [6, 6.07) is 0. The lowest BCUT2D eigenvalue weighted by molar-refractivity contribution is -0.153. The van der Waals surface area contributed by atoms with Gasteiger partial charge in [-0.1, -0.05) is 26.3 Å². The molecule has 0 atom stereocenters. The first kappa shape index (κ1) is 11.7. The van der Waals surface area contributed by atoms with Crippen LogP contribution in [0.25, 0.3) is 0 Å². The average molecular weight is 185 g/mol. The summed E-state index contributed by atoms with van der Waals surface area (Å²) < 4.78 is 0. The highest BCUT2D eigenvalue weighted by Gasteiger charge is 2.02. The number of carbonyl (C=O) groups is 2. The highest BCUT2D eigenvalue weighted by atomic mass is 16.7. The Morgan fingerprint density at radius 2 is 2.15 bits per heavy atom. The smallest absolute Gasteiger partial charge is 0.336 e. The van der Waals surface area contributed by atoms with Crippen LogP contribution in [0.4, 0.5) is 0 Å². The van der Waals surface area contributed by atoms with Crippen molar-refractivity contribution in [2.75, 3.05) is 0 Å². The molecule has 0 rings (SSSR count). The molecule has 0 aliphatic heterocycles. The Balaban J connectivity index is 3.40. The summed E-state index contributed by atoms with van der Waals surface area (Å²) in [5.74, 6) is -0.924. The number of carbonyl (C=O) groups excluding carboxylic acids is 2. The molecule has 0 saturated heterocycles. The van der Waals surface area contributed by atoms with E-state index in [0.717, 1.165) is 25.3 Å². The molecule has 0 bridgehead atoms. The summed E-state index contributed by atoms with van der Waals surface area (Å²) >= 11 is 0. The van der Waals surface area contributed by atoms with E-state index in [4.69, 9.17) is 0 Å². The number of hydrogen-bond donors (Lipinski definition) is 1. The molecule has 0 aliphatic carbocycles. The molecule has 74 valence electrons. The first-order valence-electron chi connectivity index (χ1n) is 4.32. The van der Waals surface area contributed by atoms with E-state index in [1.807, 2.05) is 5.48 Å². The zero-order chi connectivity index (χ0) is 10.1. The van der Waals surface area contributed by atoms with Crippen LogP contribution in [-0.2, 0) is 14.4 Å². The molecule has 1 N–H and O–H groups in total. The fraction of sp³-hybridized carbons (Fsp3) is 0.556. The van der Waals surface area contributed by atoms with Crippen LogP contribution in [0.5, 0.6) is 0 Å². The summed E-state index contributed by atoms with van der Waals surface area (Å²) in [5.41, 5.74) is 2.03. The van der Waals surface area contributed by atoms with E-state index in [-0.39, 0.29) is 5.91 Å². The molecule has 0 fully saturated rings. The normalized spacial score (nSPS) is 9.00. The number of rotatable bonds is 5. The molecule has 0 spiro atoms. The Hall–Kier alpha value is -1.32. The number of hydrogen-bond acceptors (Lipinski definition) is 3. The van der Waals surface area contributed by atoms with Crippen molar-refractivity contribution >= 4 is 11.9 Å².